The Kier molecular flexibility index (Phi) is 11.6. The molecule has 0 aliphatic rings. The number of hydrogen-bond acceptors (Lipinski definition) is 5. The summed E-state index contributed by atoms with van der Waals surface area (Å²) >= 11 is 0. The molecular weight excluding hydrogens is 420 g/mol. The molecular formula is C26H48O5Si. The average molecular weight is 469 g/mol. The Morgan fingerprint density at radius 2 is 1.25 bits per heavy atom. The van der Waals surface area contributed by atoms with Gasteiger partial charge >= 0.3 is 0 Å². The second-order valence-electron chi connectivity index (χ2n) is 11.2. The Balaban J connectivity index is 2.55. The molecule has 0 amide bonds. The van der Waals surface area contributed by atoms with Gasteiger partial charge in [0.15, 0.2) is 8.32 Å². The lowest BCUT2D eigenvalue weighted by atomic mass is 9.80. The third-order valence-corrected chi connectivity index (χ3v) is 11.8. The van der Waals surface area contributed by atoms with Crippen molar-refractivity contribution < 1.29 is 24.5 Å². The Labute approximate surface area is 197 Å². The molecule has 6 heteroatoms. The molecule has 0 unspecified atom stereocenters. The molecule has 0 aliphatic heterocycles. The molecule has 0 aromatic heterocycles. The second-order valence-corrected chi connectivity index (χ2v) is 16.0. The van der Waals surface area contributed by atoms with Crippen LogP contribution in [-0.4, -0.2) is 55.2 Å². The van der Waals surface area contributed by atoms with Crippen molar-refractivity contribution in [3.63, 3.8) is 0 Å². The van der Waals surface area contributed by atoms with Crippen LogP contribution >= 0.6 is 0 Å². The Hall–Kier alpha value is -0.763. The molecule has 7 atom stereocenters. The van der Waals surface area contributed by atoms with E-state index in [2.05, 4.69) is 33.9 Å². The molecule has 1 aromatic rings. The summed E-state index contributed by atoms with van der Waals surface area (Å²) in [5.74, 6) is -1.00. The summed E-state index contributed by atoms with van der Waals surface area (Å²) in [6.45, 7) is 19.9. The molecule has 0 bridgehead atoms. The molecule has 0 spiro atoms. The fourth-order valence-corrected chi connectivity index (χ4v) is 4.72. The van der Waals surface area contributed by atoms with Gasteiger partial charge in [0.1, 0.15) is 0 Å². The van der Waals surface area contributed by atoms with Crippen LogP contribution in [0.15, 0.2) is 30.3 Å². The topological polar surface area (TPSA) is 79.2 Å². The Morgan fingerprint density at radius 3 is 1.72 bits per heavy atom. The summed E-state index contributed by atoms with van der Waals surface area (Å²) in [4.78, 5) is 0. The van der Waals surface area contributed by atoms with Crippen LogP contribution in [0, 0.1) is 23.7 Å². The van der Waals surface area contributed by atoms with Crippen LogP contribution in [0.5, 0.6) is 0 Å². The van der Waals surface area contributed by atoms with Gasteiger partial charge in [-0.2, -0.15) is 0 Å². The highest BCUT2D eigenvalue weighted by molar-refractivity contribution is 6.74. The minimum Gasteiger partial charge on any atom is -0.416 e. The first-order chi connectivity index (χ1) is 14.7. The van der Waals surface area contributed by atoms with Crippen molar-refractivity contribution in [1.29, 1.82) is 0 Å². The zero-order chi connectivity index (χ0) is 24.7. The van der Waals surface area contributed by atoms with Gasteiger partial charge in [-0.15, -0.1) is 0 Å². The molecule has 0 fully saturated rings. The smallest absolute Gasteiger partial charge is 0.191 e. The van der Waals surface area contributed by atoms with Gasteiger partial charge in [0, 0.05) is 30.3 Å². The van der Waals surface area contributed by atoms with E-state index in [4.69, 9.17) is 9.16 Å². The van der Waals surface area contributed by atoms with Crippen LogP contribution in [0.1, 0.15) is 54.0 Å². The Bertz CT molecular complexity index is 645. The summed E-state index contributed by atoms with van der Waals surface area (Å²) in [6, 6.07) is 9.93. The minimum atomic E-state index is -1.90. The maximum atomic E-state index is 10.9. The highest BCUT2D eigenvalue weighted by atomic mass is 28.4. The number of rotatable bonds is 13. The van der Waals surface area contributed by atoms with E-state index in [0.717, 1.165) is 5.56 Å². The van der Waals surface area contributed by atoms with E-state index in [1.54, 1.807) is 0 Å². The maximum Gasteiger partial charge on any atom is 0.191 e. The molecule has 1 rings (SSSR count). The van der Waals surface area contributed by atoms with Crippen molar-refractivity contribution in [2.75, 3.05) is 13.2 Å². The van der Waals surface area contributed by atoms with Crippen molar-refractivity contribution >= 4 is 8.32 Å². The van der Waals surface area contributed by atoms with Gasteiger partial charge in [-0.05, 0) is 23.7 Å². The van der Waals surface area contributed by atoms with E-state index in [1.807, 2.05) is 58.0 Å². The number of aliphatic hydroxyl groups is 3. The highest BCUT2D eigenvalue weighted by Crippen LogP contribution is 2.37. The fourth-order valence-electron chi connectivity index (χ4n) is 3.61. The predicted molar refractivity (Wildman–Crippen MR) is 134 cm³/mol. The molecule has 5 nitrogen and oxygen atoms in total. The monoisotopic (exact) mass is 468 g/mol. The van der Waals surface area contributed by atoms with E-state index in [-0.39, 0.29) is 28.7 Å². The largest absolute Gasteiger partial charge is 0.416 e. The third kappa shape index (κ3) is 8.54. The summed E-state index contributed by atoms with van der Waals surface area (Å²) in [5, 5.41) is 32.6. The van der Waals surface area contributed by atoms with E-state index in [0.29, 0.717) is 19.8 Å². The van der Waals surface area contributed by atoms with Crippen molar-refractivity contribution in [1.82, 2.24) is 0 Å². The van der Waals surface area contributed by atoms with Crippen molar-refractivity contribution in [3.05, 3.63) is 35.9 Å². The van der Waals surface area contributed by atoms with E-state index in [9.17, 15) is 15.3 Å². The molecule has 0 aliphatic carbocycles. The fraction of sp³-hybridized carbons (Fsp3) is 0.769. The van der Waals surface area contributed by atoms with Gasteiger partial charge < -0.3 is 24.5 Å². The first kappa shape index (κ1) is 29.3. The van der Waals surface area contributed by atoms with E-state index in [1.165, 1.54) is 0 Å². The molecule has 1 aromatic carbocycles. The van der Waals surface area contributed by atoms with Gasteiger partial charge in [-0.1, -0.05) is 78.8 Å². The molecule has 32 heavy (non-hydrogen) atoms. The van der Waals surface area contributed by atoms with Gasteiger partial charge in [0.2, 0.25) is 0 Å². The van der Waals surface area contributed by atoms with Crippen LogP contribution in [0.25, 0.3) is 0 Å². The van der Waals surface area contributed by atoms with Crippen molar-refractivity contribution in [2.45, 2.75) is 91.5 Å². The molecule has 0 radical (unpaired) electrons. The van der Waals surface area contributed by atoms with Gasteiger partial charge in [0.25, 0.3) is 0 Å². The summed E-state index contributed by atoms with van der Waals surface area (Å²) in [7, 11) is -1.90. The van der Waals surface area contributed by atoms with E-state index < -0.39 is 26.6 Å². The Morgan fingerprint density at radius 1 is 0.781 bits per heavy atom. The summed E-state index contributed by atoms with van der Waals surface area (Å²) < 4.78 is 12.0. The number of ether oxygens (including phenoxy) is 1. The van der Waals surface area contributed by atoms with Crippen LogP contribution in [0.4, 0.5) is 0 Å². The normalized spacial score (nSPS) is 19.6. The minimum absolute atomic E-state index is 0.107. The van der Waals surface area contributed by atoms with Crippen LogP contribution in [0.2, 0.25) is 18.1 Å². The standard InChI is InChI=1S/C26H48O5Si/c1-18(15-30-17-22-13-11-10-12-14-22)23(27)20(3)25(29)21(4)24(28)19(2)16-31-32(8,9)26(5,6)7/h10-14,18-21,23-25,27-29H,15-17H2,1-9H3/t18-,19-,20+,21+,23-,24+,25+/m1/s1. The number of aliphatic hydroxyl groups excluding tert-OH is 3. The SMILES string of the molecule is C[C@H]([C@@H](O)[C@@H](C)[C@H](O)[C@H](C)COCc1ccccc1)[C@@H](O)[C@H](C)CO[Si](C)(C)C(C)(C)C. The molecule has 3 N–H and O–H groups in total. The zero-order valence-electron chi connectivity index (χ0n) is 21.7. The summed E-state index contributed by atoms with van der Waals surface area (Å²) in [5.41, 5.74) is 1.09. The lowest BCUT2D eigenvalue weighted by Gasteiger charge is -2.39. The first-order valence-electron chi connectivity index (χ1n) is 12.0. The first-order valence-corrected chi connectivity index (χ1v) is 14.9. The average Bonchev–Trinajstić information content (AvgIpc) is 2.74. The van der Waals surface area contributed by atoms with Crippen LogP contribution in [-0.2, 0) is 15.8 Å². The zero-order valence-corrected chi connectivity index (χ0v) is 22.7. The predicted octanol–water partition coefficient (Wildman–Crippen LogP) is 4.85. The lowest BCUT2D eigenvalue weighted by molar-refractivity contribution is -0.0810. The van der Waals surface area contributed by atoms with Gasteiger partial charge in [-0.25, -0.2) is 0 Å². The maximum absolute atomic E-state index is 10.9. The summed E-state index contributed by atoms with van der Waals surface area (Å²) in [6.07, 6.45) is -2.27. The second kappa shape index (κ2) is 12.6. The van der Waals surface area contributed by atoms with Crippen molar-refractivity contribution in [3.8, 4) is 0 Å². The lowest BCUT2D eigenvalue weighted by Crippen LogP contribution is -2.46. The quantitative estimate of drug-likeness (QED) is 0.361. The number of benzene rings is 1. The van der Waals surface area contributed by atoms with E-state index >= 15 is 0 Å². The van der Waals surface area contributed by atoms with Gasteiger partial charge in [0.05, 0.1) is 31.5 Å². The molecule has 0 heterocycles. The molecule has 0 saturated heterocycles. The molecule has 0 saturated carbocycles. The number of hydrogen-bond donors (Lipinski definition) is 3. The van der Waals surface area contributed by atoms with Gasteiger partial charge in [-0.3, -0.25) is 0 Å². The van der Waals surface area contributed by atoms with Crippen molar-refractivity contribution in [2.24, 2.45) is 23.7 Å². The molecule has 186 valence electrons. The van der Waals surface area contributed by atoms with Crippen LogP contribution in [0.3, 0.4) is 0 Å². The highest BCUT2D eigenvalue weighted by Gasteiger charge is 2.39. The van der Waals surface area contributed by atoms with Crippen LogP contribution < -0.4 is 0 Å². The third-order valence-electron chi connectivity index (χ3n) is 7.33.